The molecule has 0 saturated carbocycles. The Morgan fingerprint density at radius 2 is 1.63 bits per heavy atom. The van der Waals surface area contributed by atoms with E-state index in [-0.39, 0.29) is 11.3 Å². The van der Waals surface area contributed by atoms with Crippen molar-refractivity contribution in [3.8, 4) is 11.1 Å². The van der Waals surface area contributed by atoms with Crippen molar-refractivity contribution >= 4 is 11.6 Å². The molecule has 96 valence electrons. The van der Waals surface area contributed by atoms with Gasteiger partial charge in [-0.2, -0.15) is 0 Å². The van der Waals surface area contributed by atoms with Crippen LogP contribution in [0.4, 0.5) is 5.69 Å². The molecule has 0 heterocycles. The second-order valence-electron chi connectivity index (χ2n) is 3.76. The van der Waals surface area contributed by atoms with Gasteiger partial charge >= 0.3 is 0 Å². The van der Waals surface area contributed by atoms with Gasteiger partial charge in [-0.05, 0) is 12.1 Å². The van der Waals surface area contributed by atoms with E-state index in [0.29, 0.717) is 11.1 Å². The van der Waals surface area contributed by atoms with Crippen molar-refractivity contribution < 1.29 is 14.9 Å². The van der Waals surface area contributed by atoms with E-state index in [1.807, 2.05) is 0 Å². The van der Waals surface area contributed by atoms with E-state index in [1.165, 1.54) is 17.6 Å². The van der Waals surface area contributed by atoms with Gasteiger partial charge in [-0.3, -0.25) is 20.1 Å². The van der Waals surface area contributed by atoms with Crippen LogP contribution >= 0.6 is 0 Å². The van der Waals surface area contributed by atoms with Crippen LogP contribution in [0.15, 0.2) is 48.5 Å². The number of para-hydroxylation sites is 1. The molecular formula is C13H10N2O4. The number of hydrogen-bond donors (Lipinski definition) is 2. The van der Waals surface area contributed by atoms with Gasteiger partial charge in [0, 0.05) is 17.2 Å². The zero-order valence-electron chi connectivity index (χ0n) is 9.74. The molecule has 2 aromatic rings. The Balaban J connectivity index is 2.66. The highest BCUT2D eigenvalue weighted by atomic mass is 16.6. The summed E-state index contributed by atoms with van der Waals surface area (Å²) in [5.74, 6) is -0.714. The first-order chi connectivity index (χ1) is 9.15. The van der Waals surface area contributed by atoms with Gasteiger partial charge in [0.05, 0.1) is 10.5 Å². The smallest absolute Gasteiger partial charge is 0.277 e. The Bertz CT molecular complexity index is 640. The van der Waals surface area contributed by atoms with Crippen LogP contribution in [0.2, 0.25) is 0 Å². The van der Waals surface area contributed by atoms with Gasteiger partial charge in [0.1, 0.15) is 0 Å². The van der Waals surface area contributed by atoms with Crippen LogP contribution in [0, 0.1) is 10.1 Å². The molecule has 0 saturated heterocycles. The first kappa shape index (κ1) is 12.7. The molecule has 2 N–H and O–H groups in total. The van der Waals surface area contributed by atoms with E-state index in [0.717, 1.165) is 0 Å². The highest BCUT2D eigenvalue weighted by molar-refractivity contribution is 6.01. The second-order valence-corrected chi connectivity index (χ2v) is 3.76. The molecule has 6 heteroatoms. The number of nitro groups is 1. The number of rotatable bonds is 3. The molecule has 0 bridgehead atoms. The zero-order chi connectivity index (χ0) is 13.8. The Morgan fingerprint density at radius 3 is 2.26 bits per heavy atom. The summed E-state index contributed by atoms with van der Waals surface area (Å²) in [5, 5.41) is 19.7. The molecule has 19 heavy (non-hydrogen) atoms. The lowest BCUT2D eigenvalue weighted by Gasteiger charge is -2.08. The van der Waals surface area contributed by atoms with Crippen molar-refractivity contribution in [1.29, 1.82) is 0 Å². The molecule has 0 radical (unpaired) electrons. The van der Waals surface area contributed by atoms with E-state index in [1.54, 1.807) is 36.4 Å². The number of benzene rings is 2. The molecule has 0 fully saturated rings. The maximum atomic E-state index is 11.6. The molecule has 2 rings (SSSR count). The van der Waals surface area contributed by atoms with Gasteiger partial charge in [-0.1, -0.05) is 30.3 Å². The van der Waals surface area contributed by atoms with Crippen LogP contribution in [-0.4, -0.2) is 16.0 Å². The normalized spacial score (nSPS) is 9.95. The highest BCUT2D eigenvalue weighted by Gasteiger charge is 2.19. The number of nitrogens with one attached hydrogen (secondary N) is 1. The first-order valence-electron chi connectivity index (χ1n) is 5.42. The van der Waals surface area contributed by atoms with E-state index < -0.39 is 10.8 Å². The third-order valence-electron chi connectivity index (χ3n) is 2.66. The third kappa shape index (κ3) is 2.43. The molecule has 0 aliphatic carbocycles. The van der Waals surface area contributed by atoms with Gasteiger partial charge in [-0.25, -0.2) is 5.48 Å². The van der Waals surface area contributed by atoms with Gasteiger partial charge in [0.15, 0.2) is 0 Å². The van der Waals surface area contributed by atoms with Crippen molar-refractivity contribution in [2.75, 3.05) is 0 Å². The lowest BCUT2D eigenvalue weighted by molar-refractivity contribution is -0.384. The highest BCUT2D eigenvalue weighted by Crippen LogP contribution is 2.31. The largest absolute Gasteiger partial charge is 0.288 e. The molecule has 0 aromatic heterocycles. The average Bonchev–Trinajstić information content (AvgIpc) is 2.46. The van der Waals surface area contributed by atoms with E-state index in [4.69, 9.17) is 5.21 Å². The van der Waals surface area contributed by atoms with Gasteiger partial charge < -0.3 is 0 Å². The van der Waals surface area contributed by atoms with E-state index in [9.17, 15) is 14.9 Å². The third-order valence-corrected chi connectivity index (χ3v) is 2.66. The van der Waals surface area contributed by atoms with Crippen LogP contribution in [0.5, 0.6) is 0 Å². The van der Waals surface area contributed by atoms with Crippen molar-refractivity contribution in [2.45, 2.75) is 0 Å². The molecular weight excluding hydrogens is 248 g/mol. The van der Waals surface area contributed by atoms with Crippen molar-refractivity contribution in [2.24, 2.45) is 0 Å². The Morgan fingerprint density at radius 1 is 1.05 bits per heavy atom. The van der Waals surface area contributed by atoms with Crippen molar-refractivity contribution in [3.63, 3.8) is 0 Å². The summed E-state index contributed by atoms with van der Waals surface area (Å²) in [6, 6.07) is 12.5. The number of carbonyl (C=O) groups is 1. The van der Waals surface area contributed by atoms with Crippen LogP contribution in [0.1, 0.15) is 10.4 Å². The topological polar surface area (TPSA) is 92.5 Å². The number of nitrogens with zero attached hydrogens (tertiary/aromatic N) is 1. The molecule has 0 atom stereocenters. The predicted molar refractivity (Wildman–Crippen MR) is 67.8 cm³/mol. The van der Waals surface area contributed by atoms with Gasteiger partial charge in [0.2, 0.25) is 0 Å². The minimum absolute atomic E-state index is 0.0966. The van der Waals surface area contributed by atoms with E-state index in [2.05, 4.69) is 0 Å². The Labute approximate surface area is 108 Å². The predicted octanol–water partition coefficient (Wildman–Crippen LogP) is 2.38. The summed E-state index contributed by atoms with van der Waals surface area (Å²) in [5.41, 5.74) is 2.32. The lowest BCUT2D eigenvalue weighted by atomic mass is 9.98. The number of amides is 1. The lowest BCUT2D eigenvalue weighted by Crippen LogP contribution is -2.19. The zero-order valence-corrected chi connectivity index (χ0v) is 9.74. The van der Waals surface area contributed by atoms with Gasteiger partial charge in [0.25, 0.3) is 11.6 Å². The van der Waals surface area contributed by atoms with Crippen LogP contribution in [0.3, 0.4) is 0 Å². The molecule has 0 aliphatic rings. The first-order valence-corrected chi connectivity index (χ1v) is 5.42. The molecule has 0 unspecified atom stereocenters. The molecule has 1 amide bonds. The van der Waals surface area contributed by atoms with E-state index >= 15 is 0 Å². The second kappa shape index (κ2) is 5.28. The monoisotopic (exact) mass is 258 g/mol. The minimum Gasteiger partial charge on any atom is -0.288 e. The fourth-order valence-electron chi connectivity index (χ4n) is 1.84. The molecule has 6 nitrogen and oxygen atoms in total. The number of nitro benzene ring substituents is 1. The van der Waals surface area contributed by atoms with Gasteiger partial charge in [-0.15, -0.1) is 0 Å². The average molecular weight is 258 g/mol. The van der Waals surface area contributed by atoms with Crippen molar-refractivity contribution in [1.82, 2.24) is 5.48 Å². The Hall–Kier alpha value is -2.73. The SMILES string of the molecule is O=C(NO)c1ccccc1-c1ccccc1[N+](=O)[O-]. The quantitative estimate of drug-likeness (QED) is 0.502. The molecule has 0 spiro atoms. The maximum absolute atomic E-state index is 11.6. The van der Waals surface area contributed by atoms with Crippen molar-refractivity contribution in [3.05, 3.63) is 64.2 Å². The molecule has 2 aromatic carbocycles. The number of hydrogen-bond acceptors (Lipinski definition) is 4. The fourth-order valence-corrected chi connectivity index (χ4v) is 1.84. The summed E-state index contributed by atoms with van der Waals surface area (Å²) >= 11 is 0. The number of carbonyl (C=O) groups excluding carboxylic acids is 1. The van der Waals surface area contributed by atoms with Crippen LogP contribution < -0.4 is 5.48 Å². The summed E-state index contributed by atoms with van der Waals surface area (Å²) in [6.07, 6.45) is 0. The van der Waals surface area contributed by atoms with Crippen LogP contribution in [-0.2, 0) is 0 Å². The summed E-state index contributed by atoms with van der Waals surface area (Å²) in [4.78, 5) is 22.0. The summed E-state index contributed by atoms with van der Waals surface area (Å²) in [6.45, 7) is 0. The van der Waals surface area contributed by atoms with Crippen LogP contribution in [0.25, 0.3) is 11.1 Å². The maximum Gasteiger partial charge on any atom is 0.277 e. The number of hydroxylamine groups is 1. The summed E-state index contributed by atoms with van der Waals surface area (Å²) in [7, 11) is 0. The molecule has 0 aliphatic heterocycles. The fraction of sp³-hybridized carbons (Fsp3) is 0. The Kier molecular flexibility index (Phi) is 3.53. The summed E-state index contributed by atoms with van der Waals surface area (Å²) < 4.78 is 0. The minimum atomic E-state index is -0.714. The standard InChI is InChI=1S/C13H10N2O4/c16-13(14-17)11-7-2-1-5-9(11)10-6-3-4-8-12(10)15(18)19/h1-8,17H,(H,14,16).